The van der Waals surface area contributed by atoms with Crippen molar-refractivity contribution in [3.8, 4) is 5.75 Å². The Labute approximate surface area is 177 Å². The van der Waals surface area contributed by atoms with E-state index in [2.05, 4.69) is 15.2 Å². The molecule has 8 nitrogen and oxygen atoms in total. The lowest BCUT2D eigenvalue weighted by atomic mass is 10.1. The molecule has 1 amide bonds. The molecule has 3 rings (SSSR count). The van der Waals surface area contributed by atoms with Crippen molar-refractivity contribution in [3.05, 3.63) is 34.2 Å². The first-order valence-corrected chi connectivity index (χ1v) is 10.4. The molecular formula is C22H32N4O4. The molecule has 1 aromatic heterocycles. The summed E-state index contributed by atoms with van der Waals surface area (Å²) in [6.07, 6.45) is 1.15. The van der Waals surface area contributed by atoms with Crippen LogP contribution in [-0.2, 0) is 11.3 Å². The van der Waals surface area contributed by atoms with E-state index < -0.39 is 0 Å². The zero-order chi connectivity index (χ0) is 21.9. The van der Waals surface area contributed by atoms with Crippen LogP contribution in [0.5, 0.6) is 5.75 Å². The maximum absolute atomic E-state index is 12.7. The van der Waals surface area contributed by atoms with Crippen LogP contribution in [0, 0.1) is 6.92 Å². The molecule has 1 aliphatic heterocycles. The number of likely N-dealkylation sites (tertiary alicyclic amines) is 1. The Morgan fingerprint density at radius 3 is 2.57 bits per heavy atom. The van der Waals surface area contributed by atoms with Gasteiger partial charge in [-0.1, -0.05) is 0 Å². The summed E-state index contributed by atoms with van der Waals surface area (Å²) in [6.45, 7) is 10.5. The molecule has 0 unspecified atom stereocenters. The number of aryl methyl sites for hydroxylation is 1. The molecule has 8 heteroatoms. The minimum absolute atomic E-state index is 0.0698. The second-order valence-corrected chi connectivity index (χ2v) is 8.83. The summed E-state index contributed by atoms with van der Waals surface area (Å²) in [5.74, 6) is 0.702. The number of piperidine rings is 1. The van der Waals surface area contributed by atoms with Gasteiger partial charge in [0.25, 0.3) is 5.56 Å². The third kappa shape index (κ3) is 5.50. The van der Waals surface area contributed by atoms with E-state index in [4.69, 9.17) is 9.47 Å². The molecule has 1 aliphatic rings. The van der Waals surface area contributed by atoms with Gasteiger partial charge < -0.3 is 24.3 Å². The van der Waals surface area contributed by atoms with Gasteiger partial charge in [0.15, 0.2) is 0 Å². The fourth-order valence-corrected chi connectivity index (χ4v) is 3.68. The zero-order valence-electron chi connectivity index (χ0n) is 18.5. The van der Waals surface area contributed by atoms with Crippen molar-refractivity contribution in [1.29, 1.82) is 0 Å². The third-order valence-electron chi connectivity index (χ3n) is 5.24. The number of methoxy groups -OCH3 is 1. The van der Waals surface area contributed by atoms with E-state index in [-0.39, 0.29) is 23.3 Å². The quantitative estimate of drug-likeness (QED) is 0.807. The summed E-state index contributed by atoms with van der Waals surface area (Å²) in [5.41, 5.74) is 1.67. The van der Waals surface area contributed by atoms with Crippen LogP contribution >= 0.6 is 0 Å². The van der Waals surface area contributed by atoms with Gasteiger partial charge in [-0.2, -0.15) is 0 Å². The third-order valence-corrected chi connectivity index (χ3v) is 5.24. The fourth-order valence-electron chi connectivity index (χ4n) is 3.68. The minimum atomic E-state index is -0.361. The smallest absolute Gasteiger partial charge is 0.407 e. The Morgan fingerprint density at radius 1 is 1.23 bits per heavy atom. The summed E-state index contributed by atoms with van der Waals surface area (Å²) >= 11 is 0. The normalized spacial score (nSPS) is 15.9. The number of fused-ring (bicyclic) bond motifs is 1. The summed E-state index contributed by atoms with van der Waals surface area (Å²) in [5, 5.41) is 2.83. The van der Waals surface area contributed by atoms with E-state index in [1.165, 1.54) is 0 Å². The van der Waals surface area contributed by atoms with Gasteiger partial charge in [-0.05, 0) is 52.7 Å². The van der Waals surface area contributed by atoms with Crippen LogP contribution in [0.4, 0.5) is 4.79 Å². The Kier molecular flexibility index (Phi) is 6.65. The van der Waals surface area contributed by atoms with E-state index in [9.17, 15) is 9.59 Å². The molecule has 0 spiro atoms. The van der Waals surface area contributed by atoms with Crippen molar-refractivity contribution in [2.45, 2.75) is 58.7 Å². The van der Waals surface area contributed by atoms with Crippen molar-refractivity contribution in [2.24, 2.45) is 0 Å². The molecule has 30 heavy (non-hydrogen) atoms. The average Bonchev–Trinajstić information content (AvgIpc) is 2.68. The number of nitrogens with one attached hydrogen (secondary N) is 1. The predicted octanol–water partition coefficient (Wildman–Crippen LogP) is 2.70. The summed E-state index contributed by atoms with van der Waals surface area (Å²) in [6, 6.07) is 5.59. The van der Waals surface area contributed by atoms with Gasteiger partial charge in [0.1, 0.15) is 17.5 Å². The van der Waals surface area contributed by atoms with Crippen molar-refractivity contribution in [3.63, 3.8) is 0 Å². The Hall–Kier alpha value is -2.61. The monoisotopic (exact) mass is 416 g/mol. The summed E-state index contributed by atoms with van der Waals surface area (Å²) < 4.78 is 12.6. The highest BCUT2D eigenvalue weighted by Crippen LogP contribution is 2.19. The molecule has 2 aromatic rings. The van der Waals surface area contributed by atoms with Gasteiger partial charge in [-0.15, -0.1) is 0 Å². The number of hydrogen-bond acceptors (Lipinski definition) is 6. The second kappa shape index (κ2) is 9.04. The molecular weight excluding hydrogens is 384 g/mol. The van der Waals surface area contributed by atoms with Gasteiger partial charge in [-0.25, -0.2) is 9.78 Å². The van der Waals surface area contributed by atoms with Gasteiger partial charge >= 0.3 is 6.09 Å². The van der Waals surface area contributed by atoms with Gasteiger partial charge in [0.05, 0.1) is 18.1 Å². The zero-order valence-corrected chi connectivity index (χ0v) is 18.5. The average molecular weight is 417 g/mol. The largest absolute Gasteiger partial charge is 0.497 e. The number of benzene rings is 1. The number of carbonyl (C=O) groups excluding carboxylic acids is 1. The first kappa shape index (κ1) is 22.1. The van der Waals surface area contributed by atoms with Crippen LogP contribution in [-0.4, -0.2) is 58.9 Å². The molecule has 1 N–H and O–H groups in total. The van der Waals surface area contributed by atoms with E-state index >= 15 is 0 Å². The number of ether oxygens (including phenoxy) is 2. The summed E-state index contributed by atoms with van der Waals surface area (Å²) in [4.78, 5) is 31.4. The van der Waals surface area contributed by atoms with Crippen LogP contribution in [0.25, 0.3) is 11.0 Å². The maximum atomic E-state index is 12.7. The van der Waals surface area contributed by atoms with Crippen molar-refractivity contribution >= 4 is 17.1 Å². The highest BCUT2D eigenvalue weighted by atomic mass is 16.6. The SMILES string of the molecule is COc1ccc2nc(C)c(=O)n(CCN3CCC(OC(=O)NC(C)(C)C)CC3)c2c1. The molecule has 0 radical (unpaired) electrons. The van der Waals surface area contributed by atoms with Crippen LogP contribution in [0.2, 0.25) is 0 Å². The van der Waals surface area contributed by atoms with Crippen LogP contribution in [0.3, 0.4) is 0 Å². The molecule has 1 fully saturated rings. The Balaban J connectivity index is 1.61. The molecule has 1 saturated heterocycles. The number of amides is 1. The minimum Gasteiger partial charge on any atom is -0.497 e. The van der Waals surface area contributed by atoms with Crippen molar-refractivity contribution in [2.75, 3.05) is 26.7 Å². The number of carbonyl (C=O) groups is 1. The lowest BCUT2D eigenvalue weighted by molar-refractivity contribution is 0.0464. The molecule has 0 bridgehead atoms. The molecule has 1 aromatic carbocycles. The second-order valence-electron chi connectivity index (χ2n) is 8.83. The molecule has 164 valence electrons. The first-order valence-electron chi connectivity index (χ1n) is 10.4. The summed E-state index contributed by atoms with van der Waals surface area (Å²) in [7, 11) is 1.61. The topological polar surface area (TPSA) is 85.7 Å². The number of rotatable bonds is 5. The van der Waals surface area contributed by atoms with Gasteiger partial charge in [0, 0.05) is 37.8 Å². The van der Waals surface area contributed by atoms with Crippen LogP contribution in [0.15, 0.2) is 23.0 Å². The molecule has 0 saturated carbocycles. The van der Waals surface area contributed by atoms with Crippen LogP contribution < -0.4 is 15.6 Å². The number of nitrogens with zero attached hydrogens (tertiary/aromatic N) is 3. The van der Waals surface area contributed by atoms with E-state index in [1.807, 2.05) is 39.0 Å². The fraction of sp³-hybridized carbons (Fsp3) is 0.591. The number of alkyl carbamates (subject to hydrolysis) is 1. The van der Waals surface area contributed by atoms with E-state index in [0.717, 1.165) is 43.5 Å². The van der Waals surface area contributed by atoms with E-state index in [0.29, 0.717) is 18.0 Å². The lowest BCUT2D eigenvalue weighted by Gasteiger charge is -2.32. The van der Waals surface area contributed by atoms with E-state index in [1.54, 1.807) is 18.6 Å². The standard InChI is InChI=1S/C22H32N4O4/c1-15-20(27)26(19-14-17(29-5)6-7-18(19)23-15)13-12-25-10-8-16(9-11-25)30-21(28)24-22(2,3)4/h6-7,14,16H,8-13H2,1-5H3,(H,24,28). The van der Waals surface area contributed by atoms with Crippen molar-refractivity contribution in [1.82, 2.24) is 19.8 Å². The highest BCUT2D eigenvalue weighted by molar-refractivity contribution is 5.76. The Morgan fingerprint density at radius 2 is 1.93 bits per heavy atom. The molecule has 0 atom stereocenters. The Bertz CT molecular complexity index is 956. The van der Waals surface area contributed by atoms with Crippen LogP contribution in [0.1, 0.15) is 39.3 Å². The maximum Gasteiger partial charge on any atom is 0.407 e. The molecule has 0 aliphatic carbocycles. The molecule has 2 heterocycles. The number of aromatic nitrogens is 2. The highest BCUT2D eigenvalue weighted by Gasteiger charge is 2.24. The number of hydrogen-bond donors (Lipinski definition) is 1. The first-order chi connectivity index (χ1) is 14.2. The predicted molar refractivity (Wildman–Crippen MR) is 116 cm³/mol. The van der Waals surface area contributed by atoms with Crippen molar-refractivity contribution < 1.29 is 14.3 Å². The lowest BCUT2D eigenvalue weighted by Crippen LogP contribution is -2.45. The van der Waals surface area contributed by atoms with Gasteiger partial charge in [0.2, 0.25) is 0 Å². The van der Waals surface area contributed by atoms with Gasteiger partial charge in [-0.3, -0.25) is 4.79 Å².